The number of nitro benzene ring substituents is 1. The summed E-state index contributed by atoms with van der Waals surface area (Å²) in [5, 5.41) is 10.3. The lowest BCUT2D eigenvalue weighted by molar-refractivity contribution is -0.384. The topological polar surface area (TPSA) is 43.1 Å². The van der Waals surface area contributed by atoms with Crippen LogP contribution in [0.2, 0.25) is 0 Å². The fraction of sp³-hybridized carbons (Fsp3) is 0.280. The van der Waals surface area contributed by atoms with Gasteiger partial charge in [-0.25, -0.2) is 0 Å². The zero-order chi connectivity index (χ0) is 25.9. The summed E-state index contributed by atoms with van der Waals surface area (Å²) >= 11 is 0. The first-order valence-corrected chi connectivity index (χ1v) is 10.1. The van der Waals surface area contributed by atoms with Crippen LogP contribution in [-0.4, -0.2) is 17.3 Å². The highest BCUT2D eigenvalue weighted by molar-refractivity contribution is 5.45. The minimum absolute atomic E-state index is 0.169. The SMILES string of the molecule is Cc1cc(C)cc([N+](=O)[O-])c1.Cc1ccc(C(c2ccc(C)cc2)(C(F)(F)F)C(F)(F)F)cc1. The molecule has 0 radical (unpaired) electrons. The number of nitrogens with zero attached hydrogens (tertiary/aromatic N) is 1. The third-order valence-electron chi connectivity index (χ3n) is 5.24. The molecule has 0 saturated carbocycles. The molecule has 3 rings (SSSR count). The number of benzene rings is 3. The van der Waals surface area contributed by atoms with Gasteiger partial charge in [0, 0.05) is 12.1 Å². The number of halogens is 6. The van der Waals surface area contributed by atoms with Crippen LogP contribution >= 0.6 is 0 Å². The van der Waals surface area contributed by atoms with Crippen molar-refractivity contribution in [2.45, 2.75) is 45.5 Å². The van der Waals surface area contributed by atoms with E-state index in [0.717, 1.165) is 35.4 Å². The molecule has 0 fully saturated rings. The van der Waals surface area contributed by atoms with Crippen molar-refractivity contribution in [3.05, 3.63) is 110 Å². The summed E-state index contributed by atoms with van der Waals surface area (Å²) in [6.45, 7) is 6.89. The third kappa shape index (κ3) is 5.58. The van der Waals surface area contributed by atoms with Crippen LogP contribution in [0.15, 0.2) is 66.7 Å². The molecule has 0 heterocycles. The van der Waals surface area contributed by atoms with Crippen LogP contribution < -0.4 is 0 Å². The summed E-state index contributed by atoms with van der Waals surface area (Å²) in [6.07, 6.45) is -11.1. The number of non-ortho nitro benzene ring substituents is 1. The molecule has 0 bridgehead atoms. The molecule has 3 aromatic rings. The number of hydrogen-bond acceptors (Lipinski definition) is 2. The van der Waals surface area contributed by atoms with Gasteiger partial charge in [0.15, 0.2) is 0 Å². The largest absolute Gasteiger partial charge is 0.411 e. The molecule has 0 saturated heterocycles. The van der Waals surface area contributed by atoms with Gasteiger partial charge in [0.2, 0.25) is 5.41 Å². The van der Waals surface area contributed by atoms with Crippen molar-refractivity contribution in [1.29, 1.82) is 0 Å². The first-order valence-electron chi connectivity index (χ1n) is 10.1. The summed E-state index contributed by atoms with van der Waals surface area (Å²) in [5.41, 5.74) is -2.55. The second kappa shape index (κ2) is 9.87. The van der Waals surface area contributed by atoms with Gasteiger partial charge in [0.1, 0.15) is 0 Å². The van der Waals surface area contributed by atoms with Crippen LogP contribution in [0.1, 0.15) is 33.4 Å². The Labute approximate surface area is 193 Å². The Morgan fingerprint density at radius 1 is 0.588 bits per heavy atom. The molecule has 0 aliphatic rings. The maximum atomic E-state index is 13.7. The van der Waals surface area contributed by atoms with E-state index in [-0.39, 0.29) is 10.6 Å². The van der Waals surface area contributed by atoms with Gasteiger partial charge < -0.3 is 0 Å². The molecule has 0 unspecified atom stereocenters. The summed E-state index contributed by atoms with van der Waals surface area (Å²) in [7, 11) is 0. The predicted molar refractivity (Wildman–Crippen MR) is 118 cm³/mol. The van der Waals surface area contributed by atoms with Crippen LogP contribution in [0.3, 0.4) is 0 Å². The monoisotopic (exact) mass is 483 g/mol. The first kappa shape index (κ1) is 26.9. The molecule has 9 heteroatoms. The Morgan fingerprint density at radius 3 is 1.18 bits per heavy atom. The van der Waals surface area contributed by atoms with Gasteiger partial charge in [-0.15, -0.1) is 0 Å². The summed E-state index contributed by atoms with van der Waals surface area (Å²) in [5.74, 6) is 0. The Hall–Kier alpha value is -3.36. The predicted octanol–water partition coefficient (Wildman–Crippen LogP) is 7.93. The van der Waals surface area contributed by atoms with E-state index in [0.29, 0.717) is 11.1 Å². The molecule has 0 N–H and O–H groups in total. The van der Waals surface area contributed by atoms with E-state index in [1.165, 1.54) is 24.3 Å². The number of rotatable bonds is 3. The maximum absolute atomic E-state index is 13.7. The lowest BCUT2D eigenvalue weighted by Gasteiger charge is -2.38. The van der Waals surface area contributed by atoms with Crippen molar-refractivity contribution in [3.8, 4) is 0 Å². The fourth-order valence-corrected chi connectivity index (χ4v) is 3.65. The Balaban J connectivity index is 0.000000310. The normalized spacial score (nSPS) is 12.1. The molecule has 0 spiro atoms. The number of alkyl halides is 6. The van der Waals surface area contributed by atoms with Crippen LogP contribution in [0.25, 0.3) is 0 Å². The average Bonchev–Trinajstić information content (AvgIpc) is 2.69. The van der Waals surface area contributed by atoms with Gasteiger partial charge in [0.25, 0.3) is 5.69 Å². The molecular weight excluding hydrogens is 460 g/mol. The highest BCUT2D eigenvalue weighted by atomic mass is 19.4. The van der Waals surface area contributed by atoms with Gasteiger partial charge in [-0.2, -0.15) is 26.3 Å². The Bertz CT molecular complexity index is 1050. The van der Waals surface area contributed by atoms with Crippen molar-refractivity contribution in [1.82, 2.24) is 0 Å². The molecule has 0 atom stereocenters. The average molecular weight is 483 g/mol. The van der Waals surface area contributed by atoms with E-state index in [2.05, 4.69) is 0 Å². The minimum Gasteiger partial charge on any atom is -0.258 e. The molecule has 3 aromatic carbocycles. The Morgan fingerprint density at radius 2 is 0.912 bits per heavy atom. The van der Waals surface area contributed by atoms with Crippen LogP contribution in [0.5, 0.6) is 0 Å². The number of nitro groups is 1. The molecule has 0 aliphatic carbocycles. The molecular formula is C25H23F6NO2. The summed E-state index contributed by atoms with van der Waals surface area (Å²) in [4.78, 5) is 9.94. The molecule has 34 heavy (non-hydrogen) atoms. The second-order valence-corrected chi connectivity index (χ2v) is 8.08. The van der Waals surface area contributed by atoms with Gasteiger partial charge >= 0.3 is 12.4 Å². The van der Waals surface area contributed by atoms with Crippen molar-refractivity contribution in [2.75, 3.05) is 0 Å². The second-order valence-electron chi connectivity index (χ2n) is 8.08. The van der Waals surface area contributed by atoms with Crippen molar-refractivity contribution in [3.63, 3.8) is 0 Å². The van der Waals surface area contributed by atoms with Crippen molar-refractivity contribution < 1.29 is 31.3 Å². The van der Waals surface area contributed by atoms with E-state index in [1.807, 2.05) is 19.9 Å². The maximum Gasteiger partial charge on any atom is 0.411 e. The molecule has 3 nitrogen and oxygen atoms in total. The van der Waals surface area contributed by atoms with E-state index in [4.69, 9.17) is 0 Å². The Kier molecular flexibility index (Phi) is 7.80. The third-order valence-corrected chi connectivity index (χ3v) is 5.24. The van der Waals surface area contributed by atoms with Crippen LogP contribution in [-0.2, 0) is 5.41 Å². The van der Waals surface area contributed by atoms with Crippen molar-refractivity contribution >= 4 is 5.69 Å². The highest BCUT2D eigenvalue weighted by Gasteiger charge is 2.72. The zero-order valence-electron chi connectivity index (χ0n) is 18.9. The molecule has 182 valence electrons. The van der Waals surface area contributed by atoms with Gasteiger partial charge in [-0.1, -0.05) is 65.7 Å². The van der Waals surface area contributed by atoms with E-state index in [1.54, 1.807) is 26.0 Å². The molecule has 0 aromatic heterocycles. The summed E-state index contributed by atoms with van der Waals surface area (Å²) < 4.78 is 82.3. The smallest absolute Gasteiger partial charge is 0.258 e. The number of aryl methyl sites for hydroxylation is 4. The van der Waals surface area contributed by atoms with Crippen LogP contribution in [0.4, 0.5) is 32.0 Å². The summed E-state index contributed by atoms with van der Waals surface area (Å²) in [6, 6.07) is 13.6. The standard InChI is InChI=1S/C17H14F6.C8H9NO2/c1-11-3-7-13(8-4-11)15(16(18,19)20,17(21,22)23)14-9-5-12(2)6-10-14;1-6-3-7(2)5-8(4-6)9(10)11/h3-10H,1-2H3;3-5H,1-2H3. The number of hydrogen-bond donors (Lipinski definition) is 0. The zero-order valence-corrected chi connectivity index (χ0v) is 18.9. The molecule has 0 aliphatic heterocycles. The fourth-order valence-electron chi connectivity index (χ4n) is 3.65. The quantitative estimate of drug-likeness (QED) is 0.216. The lowest BCUT2D eigenvalue weighted by Crippen LogP contribution is -2.54. The first-order chi connectivity index (χ1) is 15.6. The highest BCUT2D eigenvalue weighted by Crippen LogP contribution is 2.56. The van der Waals surface area contributed by atoms with Crippen LogP contribution in [0, 0.1) is 37.8 Å². The van der Waals surface area contributed by atoms with E-state index < -0.39 is 28.9 Å². The van der Waals surface area contributed by atoms with Gasteiger partial charge in [0.05, 0.1) is 4.92 Å². The van der Waals surface area contributed by atoms with Crippen molar-refractivity contribution in [2.24, 2.45) is 0 Å². The van der Waals surface area contributed by atoms with E-state index >= 15 is 0 Å². The van der Waals surface area contributed by atoms with Gasteiger partial charge in [-0.3, -0.25) is 10.1 Å². The van der Waals surface area contributed by atoms with Gasteiger partial charge in [-0.05, 0) is 49.9 Å². The van der Waals surface area contributed by atoms with E-state index in [9.17, 15) is 36.5 Å². The lowest BCUT2D eigenvalue weighted by atomic mass is 9.72. The molecule has 0 amide bonds. The minimum atomic E-state index is -5.53.